The van der Waals surface area contributed by atoms with Gasteiger partial charge in [-0.2, -0.15) is 4.98 Å². The summed E-state index contributed by atoms with van der Waals surface area (Å²) in [5.41, 5.74) is 10.7. The van der Waals surface area contributed by atoms with E-state index >= 15 is 0 Å². The molecule has 3 saturated heterocycles. The van der Waals surface area contributed by atoms with E-state index in [0.29, 0.717) is 24.0 Å². The van der Waals surface area contributed by atoms with Crippen LogP contribution in [0.2, 0.25) is 0 Å². The van der Waals surface area contributed by atoms with Crippen LogP contribution in [-0.2, 0) is 44.2 Å². The molecule has 3 aliphatic rings. The van der Waals surface area contributed by atoms with Crippen molar-refractivity contribution in [1.29, 1.82) is 0 Å². The van der Waals surface area contributed by atoms with Gasteiger partial charge in [0.25, 0.3) is 5.56 Å². The minimum absolute atomic E-state index is 0.0562. The zero-order valence-electron chi connectivity index (χ0n) is 22.8. The maximum Gasteiger partial charge on any atom is 0.383 e. The number of thiol groups is 1. The van der Waals surface area contributed by atoms with E-state index in [0.717, 1.165) is 0 Å². The summed E-state index contributed by atoms with van der Waals surface area (Å²) in [7, 11) is 0. The average molecular weight is 705 g/mol. The number of hydrogen-bond donors (Lipinski definition) is 6. The molecule has 4 aromatic rings. The highest BCUT2D eigenvalue weighted by atomic mass is 32.7. The van der Waals surface area contributed by atoms with Crippen LogP contribution in [0.15, 0.2) is 23.8 Å². The third-order valence-electron chi connectivity index (χ3n) is 7.63. The van der Waals surface area contributed by atoms with Gasteiger partial charge in [0.2, 0.25) is 5.95 Å². The van der Waals surface area contributed by atoms with Gasteiger partial charge >= 0.3 is 13.5 Å². The van der Waals surface area contributed by atoms with Crippen LogP contribution >= 0.6 is 25.8 Å². The molecular weight excluding hydrogens is 678 g/mol. The minimum atomic E-state index is -4.25. The van der Waals surface area contributed by atoms with Crippen molar-refractivity contribution in [3.63, 3.8) is 0 Å². The highest BCUT2D eigenvalue weighted by Crippen LogP contribution is 2.57. The average Bonchev–Trinajstić information content (AvgIpc) is 3.79. The first-order valence-electron chi connectivity index (χ1n) is 13.3. The number of nitrogens with zero attached hydrogens (tertiary/aromatic N) is 7. The van der Waals surface area contributed by atoms with Crippen LogP contribution in [-0.4, -0.2) is 92.6 Å². The number of nitrogens with two attached hydrogens (primary N) is 2. The molecule has 7 heterocycles. The van der Waals surface area contributed by atoms with Crippen molar-refractivity contribution in [2.75, 3.05) is 31.3 Å². The number of hydrogen-bond acceptors (Lipinski definition) is 16. The zero-order valence-corrected chi connectivity index (χ0v) is 26.3. The molecule has 3 fully saturated rings. The van der Waals surface area contributed by atoms with E-state index in [1.54, 1.807) is 9.13 Å². The maximum atomic E-state index is 12.1. The first-order chi connectivity index (χ1) is 21.3. The van der Waals surface area contributed by atoms with Crippen molar-refractivity contribution in [2.45, 2.75) is 49.2 Å². The van der Waals surface area contributed by atoms with Crippen molar-refractivity contribution < 1.29 is 42.1 Å². The van der Waals surface area contributed by atoms with Gasteiger partial charge in [0.15, 0.2) is 28.9 Å². The first-order valence-corrected chi connectivity index (χ1v) is 18.6. The topological polar surface area (TPSA) is 272 Å². The number of rotatable bonds is 10. The van der Waals surface area contributed by atoms with Crippen molar-refractivity contribution in [3.05, 3.63) is 29.3 Å². The SMILES string of the molecule is Nc1nc2c(ncn2[C@H]2CC[C@@H](COP(O)(=S)O[C@H]3[C@H]4OC[C@]3(COP(=O)(O)S)O[C@H]4n3cnc4c(N)ncnc43)O2)c(=O)[nH]1. The minimum Gasteiger partial charge on any atom is -0.382 e. The molecule has 8 atom stereocenters. The van der Waals surface area contributed by atoms with Crippen LogP contribution in [0.4, 0.5) is 11.8 Å². The van der Waals surface area contributed by atoms with Gasteiger partial charge in [-0.25, -0.2) is 24.5 Å². The molecule has 242 valence electrons. The van der Waals surface area contributed by atoms with E-state index in [2.05, 4.69) is 42.2 Å². The van der Waals surface area contributed by atoms with Crippen LogP contribution < -0.4 is 17.0 Å². The molecule has 2 unspecified atom stereocenters. The Balaban J connectivity index is 1.07. The van der Waals surface area contributed by atoms with Gasteiger partial charge in [0, 0.05) is 0 Å². The Bertz CT molecular complexity index is 1940. The highest BCUT2D eigenvalue weighted by Gasteiger charge is 2.65. The number of aromatic nitrogens is 8. The Labute approximate surface area is 262 Å². The molecule has 7 rings (SSSR count). The Kier molecular flexibility index (Phi) is 7.78. The number of fused-ring (bicyclic) bond motifs is 4. The quantitative estimate of drug-likeness (QED) is 0.0945. The van der Waals surface area contributed by atoms with Crippen molar-refractivity contribution in [3.8, 4) is 0 Å². The molecular formula is C21H26N10O10P2S2. The van der Waals surface area contributed by atoms with Crippen LogP contribution in [0.3, 0.4) is 0 Å². The molecule has 0 radical (unpaired) electrons. The smallest absolute Gasteiger partial charge is 0.382 e. The van der Waals surface area contributed by atoms with Crippen molar-refractivity contribution in [1.82, 2.24) is 39.0 Å². The summed E-state index contributed by atoms with van der Waals surface area (Å²) in [4.78, 5) is 56.1. The molecule has 24 heteroatoms. The molecule has 0 aliphatic carbocycles. The molecule has 4 aromatic heterocycles. The largest absolute Gasteiger partial charge is 0.383 e. The zero-order chi connectivity index (χ0) is 31.7. The summed E-state index contributed by atoms with van der Waals surface area (Å²) < 4.78 is 50.1. The molecule has 2 bridgehead atoms. The summed E-state index contributed by atoms with van der Waals surface area (Å²) in [6.07, 6.45) is 1.19. The van der Waals surface area contributed by atoms with Crippen LogP contribution in [0.5, 0.6) is 0 Å². The summed E-state index contributed by atoms with van der Waals surface area (Å²) in [6.45, 7) is -9.01. The van der Waals surface area contributed by atoms with Gasteiger partial charge < -0.3 is 40.0 Å². The summed E-state index contributed by atoms with van der Waals surface area (Å²) in [5.74, 6) is 0.0928. The monoisotopic (exact) mass is 704 g/mol. The standard InChI is InChI=1S/C21H26N10O10P2S2/c22-15-11-16(25-6-24-15)31(8-26-11)19-13-14(21(40-19,4-36-13)5-38-42(33,34)44)41-43(35,45)37-3-9-1-2-10(39-9)30-7-27-12-17(30)28-20(23)29-18(12)32/h6-10,13-14,19H,1-5H2,(H,35,45)(H2,22,24,25)(H2,33,34,44)(H3,23,28,29,32)/t9-,10+,13+,14-,19+,21+,43?/m0/s1. The lowest BCUT2D eigenvalue weighted by Crippen LogP contribution is -2.45. The predicted molar refractivity (Wildman–Crippen MR) is 160 cm³/mol. The molecule has 45 heavy (non-hydrogen) atoms. The number of aromatic amines is 1. The normalized spacial score (nSPS) is 30.7. The van der Waals surface area contributed by atoms with Crippen LogP contribution in [0.1, 0.15) is 25.3 Å². The Morgan fingerprint density at radius 1 is 1.13 bits per heavy atom. The first kappa shape index (κ1) is 31.0. The lowest BCUT2D eigenvalue weighted by Gasteiger charge is -2.32. The van der Waals surface area contributed by atoms with E-state index in [-0.39, 0.29) is 36.1 Å². The number of imidazole rings is 2. The summed E-state index contributed by atoms with van der Waals surface area (Å²) in [5, 5.41) is 0. The fraction of sp³-hybridized carbons (Fsp3) is 0.524. The Morgan fingerprint density at radius 2 is 1.91 bits per heavy atom. The number of H-pyrrole nitrogens is 1. The fourth-order valence-electron chi connectivity index (χ4n) is 5.64. The third-order valence-corrected chi connectivity index (χ3v) is 9.98. The van der Waals surface area contributed by atoms with Crippen LogP contribution in [0.25, 0.3) is 22.3 Å². The van der Waals surface area contributed by atoms with E-state index in [1.807, 2.05) is 0 Å². The lowest BCUT2D eigenvalue weighted by atomic mass is 10.0. The number of nitrogens with one attached hydrogen (secondary N) is 1. The van der Waals surface area contributed by atoms with Crippen LogP contribution in [0, 0.1) is 0 Å². The number of nitrogen functional groups attached to an aromatic ring is 2. The van der Waals surface area contributed by atoms with Crippen molar-refractivity contribution in [2.24, 2.45) is 0 Å². The molecule has 0 saturated carbocycles. The molecule has 7 N–H and O–H groups in total. The number of ether oxygens (including phenoxy) is 3. The predicted octanol–water partition coefficient (Wildman–Crippen LogP) is 0.133. The summed E-state index contributed by atoms with van der Waals surface area (Å²) in [6, 6.07) is 0. The molecule has 3 aliphatic heterocycles. The van der Waals surface area contributed by atoms with Gasteiger partial charge in [0.1, 0.15) is 35.9 Å². The second-order valence-electron chi connectivity index (χ2n) is 10.6. The van der Waals surface area contributed by atoms with Gasteiger partial charge in [-0.3, -0.25) is 28.0 Å². The lowest BCUT2D eigenvalue weighted by molar-refractivity contribution is -0.182. The van der Waals surface area contributed by atoms with Gasteiger partial charge in [0.05, 0.1) is 38.6 Å². The Hall–Kier alpha value is -2.59. The molecule has 20 nitrogen and oxygen atoms in total. The van der Waals surface area contributed by atoms with Gasteiger partial charge in [-0.1, -0.05) is 12.2 Å². The van der Waals surface area contributed by atoms with Crippen molar-refractivity contribution >= 4 is 71.7 Å². The Morgan fingerprint density at radius 3 is 2.71 bits per heavy atom. The maximum absolute atomic E-state index is 12.1. The van der Waals surface area contributed by atoms with E-state index in [1.165, 1.54) is 19.0 Å². The molecule has 0 amide bonds. The fourth-order valence-corrected chi connectivity index (χ4v) is 7.68. The van der Waals surface area contributed by atoms with E-state index in [4.69, 9.17) is 51.1 Å². The van der Waals surface area contributed by atoms with E-state index < -0.39 is 62.1 Å². The second kappa shape index (κ2) is 11.3. The molecule has 0 aromatic carbocycles. The highest BCUT2D eigenvalue weighted by molar-refractivity contribution is 8.44. The third kappa shape index (κ3) is 5.79. The number of anilines is 2. The van der Waals surface area contributed by atoms with Gasteiger partial charge in [-0.15, -0.1) is 0 Å². The molecule has 0 spiro atoms. The van der Waals surface area contributed by atoms with Gasteiger partial charge in [-0.05, 0) is 24.6 Å². The second-order valence-corrected chi connectivity index (χ2v) is 16.1. The summed E-state index contributed by atoms with van der Waals surface area (Å²) >= 11 is 8.94. The van der Waals surface area contributed by atoms with E-state index in [9.17, 15) is 19.1 Å².